The van der Waals surface area contributed by atoms with Crippen molar-refractivity contribution < 1.29 is 24.5 Å². The average Bonchev–Trinajstić information content (AvgIpc) is 3.56. The molecule has 4 aromatic carbocycles. The summed E-state index contributed by atoms with van der Waals surface area (Å²) in [6, 6.07) is 34.7. The molecule has 0 aliphatic heterocycles. The smallest absolute Gasteiger partial charge is 0.0847 e. The summed E-state index contributed by atoms with van der Waals surface area (Å²) in [7, 11) is 0. The molecule has 4 nitrogen and oxygen atoms in total. The van der Waals surface area contributed by atoms with Crippen molar-refractivity contribution in [2.45, 2.75) is 48.0 Å². The van der Waals surface area contributed by atoms with E-state index in [1.54, 1.807) is 6.26 Å². The van der Waals surface area contributed by atoms with Crippen LogP contribution in [-0.2, 0) is 26.5 Å². The van der Waals surface area contributed by atoms with Crippen LogP contribution in [0, 0.1) is 53.7 Å². The van der Waals surface area contributed by atoms with E-state index in [1.807, 2.05) is 37.6 Å². The maximum Gasteiger partial charge on any atom is 0.0847 e. The Balaban J connectivity index is 0.000000208. The van der Waals surface area contributed by atoms with Crippen LogP contribution in [0.1, 0.15) is 44.5 Å². The summed E-state index contributed by atoms with van der Waals surface area (Å²) in [4.78, 5) is 13.8. The van der Waals surface area contributed by atoms with Gasteiger partial charge in [-0.25, -0.2) is 0 Å². The van der Waals surface area contributed by atoms with Crippen LogP contribution in [0.5, 0.6) is 0 Å². The molecule has 0 N–H and O–H groups in total. The summed E-state index contributed by atoms with van der Waals surface area (Å²) in [6.45, 7) is 12.6. The minimum atomic E-state index is 0. The largest absolute Gasteiger partial charge is 0.506 e. The predicted molar refractivity (Wildman–Crippen MR) is 197 cm³/mol. The van der Waals surface area contributed by atoms with Gasteiger partial charge >= 0.3 is 0 Å². The van der Waals surface area contributed by atoms with Crippen LogP contribution in [0.25, 0.3) is 55.2 Å². The molecule has 0 bridgehead atoms. The third-order valence-electron chi connectivity index (χ3n) is 9.06. The van der Waals surface area contributed by atoms with Gasteiger partial charge in [-0.3, -0.25) is 9.97 Å². The zero-order valence-corrected chi connectivity index (χ0v) is 31.0. The molecular weight excluding hydrogens is 779 g/mol. The second-order valence-electron chi connectivity index (χ2n) is 12.8. The van der Waals surface area contributed by atoms with Crippen molar-refractivity contribution in [2.75, 3.05) is 0 Å². The second kappa shape index (κ2) is 14.3. The molecule has 4 heterocycles. The van der Waals surface area contributed by atoms with E-state index in [-0.39, 0.29) is 20.1 Å². The standard InChI is InChI=1S/C29H21N2O.C15H16N.Ir/c1-18-3-5-23-14-20(4-6-22(23)11-18)13-21-7-9-30-27(15-21)25-16-24-8-10-32-29(24)28-26(25)12-19(2)17-31-28;1-10-5-6-14(7-11(10)2)15-8-12(3)13(4)9-16-15;/h3-12,14-15,17H,13H2,1-2H3;5,7-9H,1-4H3;/q2*-1;. The fourth-order valence-electron chi connectivity index (χ4n) is 6.01. The third kappa shape index (κ3) is 7.24. The molecule has 0 unspecified atom stereocenters. The van der Waals surface area contributed by atoms with Gasteiger partial charge in [0.05, 0.1) is 5.58 Å². The van der Waals surface area contributed by atoms with Gasteiger partial charge in [0, 0.05) is 56.2 Å². The second-order valence-corrected chi connectivity index (χ2v) is 12.8. The Kier molecular flexibility index (Phi) is 9.87. The number of rotatable bonds is 4. The van der Waals surface area contributed by atoms with Gasteiger partial charge < -0.3 is 9.40 Å². The maximum atomic E-state index is 5.69. The van der Waals surface area contributed by atoms with Crippen molar-refractivity contribution >= 4 is 32.6 Å². The van der Waals surface area contributed by atoms with Crippen LogP contribution in [0.3, 0.4) is 0 Å². The van der Waals surface area contributed by atoms with Gasteiger partial charge in [-0.15, -0.1) is 41.0 Å². The van der Waals surface area contributed by atoms with Crippen molar-refractivity contribution in [3.63, 3.8) is 0 Å². The van der Waals surface area contributed by atoms with E-state index < -0.39 is 0 Å². The van der Waals surface area contributed by atoms with Crippen molar-refractivity contribution in [3.05, 3.63) is 160 Å². The predicted octanol–water partition coefficient (Wildman–Crippen LogP) is 11.0. The van der Waals surface area contributed by atoms with Gasteiger partial charge in [-0.1, -0.05) is 102 Å². The van der Waals surface area contributed by atoms with Crippen molar-refractivity contribution in [2.24, 2.45) is 0 Å². The third-order valence-corrected chi connectivity index (χ3v) is 9.06. The number of benzene rings is 4. The first-order chi connectivity index (χ1) is 23.2. The summed E-state index contributed by atoms with van der Waals surface area (Å²) < 4.78 is 5.69. The van der Waals surface area contributed by atoms with Gasteiger partial charge in [-0.05, 0) is 78.9 Å². The van der Waals surface area contributed by atoms with Gasteiger partial charge in [0.1, 0.15) is 0 Å². The molecule has 8 rings (SSSR count). The van der Waals surface area contributed by atoms with E-state index in [0.29, 0.717) is 0 Å². The fraction of sp³-hybridized carbons (Fsp3) is 0.159. The quantitative estimate of drug-likeness (QED) is 0.166. The Morgan fingerprint density at radius 1 is 0.633 bits per heavy atom. The summed E-state index contributed by atoms with van der Waals surface area (Å²) in [6.07, 6.45) is 8.23. The summed E-state index contributed by atoms with van der Waals surface area (Å²) in [5.74, 6) is 0. The first-order valence-electron chi connectivity index (χ1n) is 16.3. The zero-order valence-electron chi connectivity index (χ0n) is 28.6. The van der Waals surface area contributed by atoms with Gasteiger partial charge in [0.15, 0.2) is 0 Å². The van der Waals surface area contributed by atoms with E-state index in [2.05, 4.69) is 123 Å². The maximum absolute atomic E-state index is 5.69. The first-order valence-corrected chi connectivity index (χ1v) is 16.3. The number of hydrogen-bond acceptors (Lipinski definition) is 4. The molecule has 245 valence electrons. The molecule has 0 spiro atoms. The monoisotopic (exact) mass is 816 g/mol. The molecule has 0 aliphatic rings. The molecule has 0 amide bonds. The van der Waals surface area contributed by atoms with Crippen molar-refractivity contribution in [1.29, 1.82) is 0 Å². The van der Waals surface area contributed by atoms with Crippen molar-refractivity contribution in [1.82, 2.24) is 15.0 Å². The number of aromatic nitrogens is 3. The number of aryl methyl sites for hydroxylation is 6. The van der Waals surface area contributed by atoms with Crippen LogP contribution in [0.4, 0.5) is 0 Å². The Hall–Kier alpha value is -4.96. The molecule has 8 aromatic rings. The fourth-order valence-corrected chi connectivity index (χ4v) is 6.01. The molecule has 0 atom stereocenters. The summed E-state index contributed by atoms with van der Waals surface area (Å²) >= 11 is 0. The summed E-state index contributed by atoms with van der Waals surface area (Å²) in [5.41, 5.74) is 15.5. The Labute approximate surface area is 301 Å². The Bertz CT molecular complexity index is 2410. The SMILES string of the molecule is Cc1c[c-]c(-c2cc(C)c(C)cn2)cc1C.Cc1ccc2cc(Cc3ccnc(-c4[c-]c5ccoc5c5ncc(C)cc45)c3)ccc2c1.[Ir]. The van der Waals surface area contributed by atoms with Crippen LogP contribution in [0.15, 0.2) is 108 Å². The molecule has 0 fully saturated rings. The summed E-state index contributed by atoms with van der Waals surface area (Å²) in [5, 5.41) is 4.48. The number of pyridine rings is 3. The number of fused-ring (bicyclic) bond motifs is 4. The Morgan fingerprint density at radius 3 is 2.22 bits per heavy atom. The van der Waals surface area contributed by atoms with Crippen LogP contribution in [0.2, 0.25) is 0 Å². The number of nitrogens with zero attached hydrogens (tertiary/aromatic N) is 3. The minimum Gasteiger partial charge on any atom is -0.506 e. The van der Waals surface area contributed by atoms with Crippen LogP contribution in [-0.4, -0.2) is 15.0 Å². The van der Waals surface area contributed by atoms with Crippen molar-refractivity contribution in [3.8, 4) is 22.5 Å². The molecule has 0 aliphatic carbocycles. The molecule has 1 radical (unpaired) electrons. The topological polar surface area (TPSA) is 51.8 Å². The number of furan rings is 1. The van der Waals surface area contributed by atoms with E-state index in [1.165, 1.54) is 49.7 Å². The van der Waals surface area contributed by atoms with Gasteiger partial charge in [0.2, 0.25) is 0 Å². The van der Waals surface area contributed by atoms with E-state index in [4.69, 9.17) is 9.40 Å². The van der Waals surface area contributed by atoms with E-state index in [0.717, 1.165) is 56.4 Å². The molecule has 5 heteroatoms. The number of hydrogen-bond donors (Lipinski definition) is 0. The molecular formula is C44H37IrN3O-2. The zero-order chi connectivity index (χ0) is 33.4. The van der Waals surface area contributed by atoms with E-state index >= 15 is 0 Å². The minimum absolute atomic E-state index is 0. The molecule has 49 heavy (non-hydrogen) atoms. The first kappa shape index (κ1) is 33.9. The Morgan fingerprint density at radius 2 is 1.41 bits per heavy atom. The van der Waals surface area contributed by atoms with Crippen LogP contribution < -0.4 is 0 Å². The molecule has 0 saturated heterocycles. The van der Waals surface area contributed by atoms with Gasteiger partial charge in [0.25, 0.3) is 0 Å². The normalized spacial score (nSPS) is 11.0. The molecule has 0 saturated carbocycles. The van der Waals surface area contributed by atoms with E-state index in [9.17, 15) is 0 Å². The van der Waals surface area contributed by atoms with Gasteiger partial charge in [-0.2, -0.15) is 0 Å². The molecule has 4 aromatic heterocycles. The average molecular weight is 816 g/mol. The van der Waals surface area contributed by atoms with Crippen LogP contribution >= 0.6 is 0 Å².